The van der Waals surface area contributed by atoms with Crippen LogP contribution in [-0.2, 0) is 33.3 Å². The third kappa shape index (κ3) is 10.1. The van der Waals surface area contributed by atoms with Gasteiger partial charge in [0.15, 0.2) is 0 Å². The summed E-state index contributed by atoms with van der Waals surface area (Å²) >= 11 is 0. The molecule has 38 heavy (non-hydrogen) atoms. The summed E-state index contributed by atoms with van der Waals surface area (Å²) in [4.78, 5) is 12.4. The fourth-order valence-electron chi connectivity index (χ4n) is 5.18. The van der Waals surface area contributed by atoms with Gasteiger partial charge >= 0.3 is 5.97 Å². The normalized spacial score (nSPS) is 20.3. The minimum Gasteiger partial charge on any atom is -0.462 e. The first-order chi connectivity index (χ1) is 17.9. The van der Waals surface area contributed by atoms with Crippen LogP contribution in [0.4, 0.5) is 0 Å². The summed E-state index contributed by atoms with van der Waals surface area (Å²) in [5.41, 5.74) is 2.38. The molecule has 5 atom stereocenters. The average Bonchev–Trinajstić information content (AvgIpc) is 2.81. The second kappa shape index (κ2) is 15.2. The standard InChI is InChI=1S/C30H48O7S/c1-9-11-25(37-30(31)20(2)3)18-28(34-8)17-22(5)16-26-12-10-13-27(36-26)19-35-38(32,33)29-23(6)14-21(4)15-24(29)7/h10,13-15,20,22,25-28H,9,11-12,16-19H2,1-8H3/t22-,25+,26+,27-,28+/m1/s1. The Labute approximate surface area is 230 Å². The minimum atomic E-state index is -3.89. The Hall–Kier alpha value is -1.74. The third-order valence-electron chi connectivity index (χ3n) is 6.91. The highest BCUT2D eigenvalue weighted by atomic mass is 32.2. The fourth-order valence-corrected chi connectivity index (χ4v) is 6.51. The van der Waals surface area contributed by atoms with E-state index in [2.05, 4.69) is 13.8 Å². The zero-order chi connectivity index (χ0) is 28.5. The number of esters is 1. The fraction of sp³-hybridized carbons (Fsp3) is 0.700. The van der Waals surface area contributed by atoms with Crippen molar-refractivity contribution in [3.63, 3.8) is 0 Å². The first kappa shape index (κ1) is 32.5. The van der Waals surface area contributed by atoms with Crippen molar-refractivity contribution in [2.45, 2.75) is 116 Å². The highest BCUT2D eigenvalue weighted by Gasteiger charge is 2.27. The summed E-state index contributed by atoms with van der Waals surface area (Å²) in [5, 5.41) is 0. The maximum Gasteiger partial charge on any atom is 0.308 e. The van der Waals surface area contributed by atoms with E-state index in [1.807, 2.05) is 45.1 Å². The number of aryl methyl sites for hydroxylation is 3. The Morgan fingerprint density at radius 2 is 1.74 bits per heavy atom. The number of carbonyl (C=O) groups is 1. The van der Waals surface area contributed by atoms with Gasteiger partial charge in [0.2, 0.25) is 0 Å². The van der Waals surface area contributed by atoms with Gasteiger partial charge in [0.05, 0.1) is 29.6 Å². The second-order valence-corrected chi connectivity index (χ2v) is 12.7. The Morgan fingerprint density at radius 3 is 2.32 bits per heavy atom. The van der Waals surface area contributed by atoms with Gasteiger partial charge in [-0.15, -0.1) is 0 Å². The van der Waals surface area contributed by atoms with Gasteiger partial charge in [-0.2, -0.15) is 8.42 Å². The summed E-state index contributed by atoms with van der Waals surface area (Å²) in [6, 6.07) is 3.70. The Bertz CT molecular complexity index is 1010. The number of ether oxygens (including phenoxy) is 3. The van der Waals surface area contributed by atoms with Gasteiger partial charge in [-0.3, -0.25) is 8.98 Å². The van der Waals surface area contributed by atoms with Crippen LogP contribution in [0.3, 0.4) is 0 Å². The van der Waals surface area contributed by atoms with Crippen LogP contribution in [0.25, 0.3) is 0 Å². The first-order valence-corrected chi connectivity index (χ1v) is 15.3. The summed E-state index contributed by atoms with van der Waals surface area (Å²) in [6.45, 7) is 13.4. The SMILES string of the molecule is CCC[C@@H](C[C@H](C[C@H](C)C[C@@H]1CC=C[C@H](COS(=O)(=O)c2c(C)cc(C)cc2C)O1)OC)OC(=O)C(C)C. The molecule has 0 saturated carbocycles. The molecule has 1 heterocycles. The Balaban J connectivity index is 1.90. The lowest BCUT2D eigenvalue weighted by molar-refractivity contribution is -0.155. The molecule has 0 aliphatic carbocycles. The van der Waals surface area contributed by atoms with E-state index in [0.717, 1.165) is 37.7 Å². The largest absolute Gasteiger partial charge is 0.462 e. The number of hydrogen-bond acceptors (Lipinski definition) is 7. The van der Waals surface area contributed by atoms with Gasteiger partial charge in [0, 0.05) is 13.5 Å². The molecule has 7 nitrogen and oxygen atoms in total. The summed E-state index contributed by atoms with van der Waals surface area (Å²) in [5.74, 6) is -0.0120. The molecule has 0 radical (unpaired) electrons. The highest BCUT2D eigenvalue weighted by molar-refractivity contribution is 7.86. The molecular weight excluding hydrogens is 504 g/mol. The molecule has 1 aliphatic heterocycles. The van der Waals surface area contributed by atoms with Crippen LogP contribution in [-0.4, -0.2) is 52.5 Å². The van der Waals surface area contributed by atoms with E-state index < -0.39 is 16.2 Å². The molecule has 1 aliphatic rings. The van der Waals surface area contributed by atoms with Gasteiger partial charge in [0.1, 0.15) is 12.2 Å². The lowest BCUT2D eigenvalue weighted by Crippen LogP contribution is -2.31. The van der Waals surface area contributed by atoms with E-state index in [1.165, 1.54) is 0 Å². The molecule has 0 amide bonds. The maximum absolute atomic E-state index is 12.9. The lowest BCUT2D eigenvalue weighted by atomic mass is 9.92. The first-order valence-electron chi connectivity index (χ1n) is 13.9. The molecule has 1 aromatic carbocycles. The number of hydrogen-bond donors (Lipinski definition) is 0. The van der Waals surface area contributed by atoms with Gasteiger partial charge in [-0.25, -0.2) is 0 Å². The van der Waals surface area contributed by atoms with Crippen molar-refractivity contribution < 1.29 is 31.6 Å². The quantitative estimate of drug-likeness (QED) is 0.145. The van der Waals surface area contributed by atoms with E-state index in [1.54, 1.807) is 21.0 Å². The lowest BCUT2D eigenvalue weighted by Gasteiger charge is -2.30. The molecule has 1 aromatic rings. The monoisotopic (exact) mass is 552 g/mol. The molecule has 216 valence electrons. The smallest absolute Gasteiger partial charge is 0.308 e. The predicted octanol–water partition coefficient (Wildman–Crippen LogP) is 6.22. The molecule has 0 spiro atoms. The van der Waals surface area contributed by atoms with Crippen molar-refractivity contribution in [3.8, 4) is 0 Å². The number of rotatable bonds is 15. The van der Waals surface area contributed by atoms with Crippen LogP contribution in [0.1, 0.15) is 82.9 Å². The molecule has 0 aromatic heterocycles. The summed E-state index contributed by atoms with van der Waals surface area (Å²) < 4.78 is 49.0. The molecule has 0 saturated heterocycles. The maximum atomic E-state index is 12.9. The van der Waals surface area contributed by atoms with Crippen molar-refractivity contribution in [3.05, 3.63) is 41.0 Å². The van der Waals surface area contributed by atoms with E-state index >= 15 is 0 Å². The van der Waals surface area contributed by atoms with Crippen molar-refractivity contribution in [2.24, 2.45) is 11.8 Å². The van der Waals surface area contributed by atoms with Crippen LogP contribution in [0.2, 0.25) is 0 Å². The zero-order valence-corrected chi connectivity index (χ0v) is 25.3. The highest BCUT2D eigenvalue weighted by Crippen LogP contribution is 2.27. The van der Waals surface area contributed by atoms with Crippen LogP contribution >= 0.6 is 0 Å². The third-order valence-corrected chi connectivity index (χ3v) is 8.50. The van der Waals surface area contributed by atoms with Crippen molar-refractivity contribution in [1.29, 1.82) is 0 Å². The second-order valence-electron chi connectivity index (χ2n) is 11.1. The topological polar surface area (TPSA) is 88.1 Å². The van der Waals surface area contributed by atoms with Gasteiger partial charge in [-0.1, -0.05) is 64.0 Å². The molecule has 8 heteroatoms. The van der Waals surface area contributed by atoms with Crippen molar-refractivity contribution >= 4 is 16.1 Å². The number of benzene rings is 1. The van der Waals surface area contributed by atoms with Crippen LogP contribution in [0.15, 0.2) is 29.2 Å². The molecule has 0 bridgehead atoms. The van der Waals surface area contributed by atoms with Crippen LogP contribution in [0.5, 0.6) is 0 Å². The number of methoxy groups -OCH3 is 1. The Kier molecular flexibility index (Phi) is 12.9. The minimum absolute atomic E-state index is 0.0223. The van der Waals surface area contributed by atoms with Crippen molar-refractivity contribution in [1.82, 2.24) is 0 Å². The molecular formula is C30H48O7S. The molecule has 0 fully saturated rings. The predicted molar refractivity (Wildman–Crippen MR) is 150 cm³/mol. The Morgan fingerprint density at radius 1 is 1.08 bits per heavy atom. The van der Waals surface area contributed by atoms with Gasteiger partial charge in [0.25, 0.3) is 10.1 Å². The van der Waals surface area contributed by atoms with Crippen LogP contribution < -0.4 is 0 Å². The average molecular weight is 553 g/mol. The molecule has 2 rings (SSSR count). The molecule has 0 unspecified atom stereocenters. The van der Waals surface area contributed by atoms with E-state index in [4.69, 9.17) is 18.4 Å². The summed E-state index contributed by atoms with van der Waals surface area (Å²) in [7, 11) is -2.19. The zero-order valence-electron chi connectivity index (χ0n) is 24.5. The van der Waals surface area contributed by atoms with Gasteiger partial charge < -0.3 is 14.2 Å². The summed E-state index contributed by atoms with van der Waals surface area (Å²) in [6.07, 6.45) is 8.12. The van der Waals surface area contributed by atoms with Crippen molar-refractivity contribution in [2.75, 3.05) is 13.7 Å². The molecule has 0 N–H and O–H groups in total. The van der Waals surface area contributed by atoms with E-state index in [0.29, 0.717) is 23.5 Å². The van der Waals surface area contributed by atoms with Crippen LogP contribution in [0, 0.1) is 32.6 Å². The van der Waals surface area contributed by atoms with E-state index in [9.17, 15) is 13.2 Å². The van der Waals surface area contributed by atoms with E-state index in [-0.39, 0.29) is 41.7 Å². The van der Waals surface area contributed by atoms with Gasteiger partial charge in [-0.05, 0) is 63.5 Å². The number of carbonyl (C=O) groups excluding carboxylic acids is 1.